The molecule has 2 aliphatic rings. The highest BCUT2D eigenvalue weighted by Crippen LogP contribution is 2.52. The number of carbonyl (C=O) groups excluding carboxylic acids is 2. The molecule has 14 heteroatoms. The average Bonchev–Trinajstić information content (AvgIpc) is 3.23. The third-order valence-electron chi connectivity index (χ3n) is 8.53. The Hall–Kier alpha value is -3.68. The SMILES string of the molecule is CCC1(c2ccc3c(c2)OCCO3)NC(=O)N(CCCCNc2c(C(C)C)cc(C(O)(C(F)(F)F)C(F)(F)F)cc2C(C)C)C1=O. The van der Waals surface area contributed by atoms with Gasteiger partial charge in [-0.1, -0.05) is 40.7 Å². The van der Waals surface area contributed by atoms with Gasteiger partial charge >= 0.3 is 18.4 Å². The van der Waals surface area contributed by atoms with Crippen molar-refractivity contribution >= 4 is 17.6 Å². The molecule has 1 atom stereocenters. The van der Waals surface area contributed by atoms with Crippen LogP contribution in [0.25, 0.3) is 0 Å². The molecule has 0 saturated carbocycles. The largest absolute Gasteiger partial charge is 0.486 e. The van der Waals surface area contributed by atoms with E-state index >= 15 is 0 Å². The minimum atomic E-state index is -6.00. The van der Waals surface area contributed by atoms with Crippen molar-refractivity contribution in [3.05, 3.63) is 52.6 Å². The number of imide groups is 1. The number of hydrogen-bond donors (Lipinski definition) is 3. The van der Waals surface area contributed by atoms with Crippen LogP contribution in [0.15, 0.2) is 30.3 Å². The molecule has 1 saturated heterocycles. The molecule has 0 aromatic heterocycles. The van der Waals surface area contributed by atoms with Gasteiger partial charge in [0, 0.05) is 24.3 Å². The van der Waals surface area contributed by atoms with Crippen molar-refractivity contribution in [3.63, 3.8) is 0 Å². The number of fused-ring (bicyclic) bond motifs is 1. The minimum absolute atomic E-state index is 0.0931. The van der Waals surface area contributed by atoms with Crippen molar-refractivity contribution in [2.45, 2.75) is 89.2 Å². The number of rotatable bonds is 11. The van der Waals surface area contributed by atoms with E-state index in [1.54, 1.807) is 52.8 Å². The van der Waals surface area contributed by atoms with Gasteiger partial charge < -0.3 is 25.2 Å². The number of amides is 3. The highest BCUT2D eigenvalue weighted by molar-refractivity contribution is 6.07. The zero-order valence-electron chi connectivity index (χ0n) is 26.3. The summed E-state index contributed by atoms with van der Waals surface area (Å²) < 4.78 is 93.4. The lowest BCUT2D eigenvalue weighted by Crippen LogP contribution is -2.54. The minimum Gasteiger partial charge on any atom is -0.486 e. The molecule has 8 nitrogen and oxygen atoms in total. The highest BCUT2D eigenvalue weighted by Gasteiger charge is 2.71. The van der Waals surface area contributed by atoms with E-state index < -0.39 is 52.8 Å². The van der Waals surface area contributed by atoms with E-state index in [9.17, 15) is 41.0 Å². The number of nitrogens with zero attached hydrogens (tertiary/aromatic N) is 1. The molecule has 2 aliphatic heterocycles. The Morgan fingerprint density at radius 3 is 2.00 bits per heavy atom. The molecule has 0 spiro atoms. The molecule has 2 aromatic rings. The first kappa shape index (κ1) is 35.2. The number of nitrogens with one attached hydrogen (secondary N) is 2. The van der Waals surface area contributed by atoms with Crippen molar-refractivity contribution in [1.29, 1.82) is 0 Å². The molecule has 1 unspecified atom stereocenters. The second-order valence-electron chi connectivity index (χ2n) is 12.2. The van der Waals surface area contributed by atoms with Crippen LogP contribution in [0.4, 0.5) is 36.8 Å². The number of alkyl halides is 6. The fraction of sp³-hybridized carbons (Fsp3) is 0.562. The first-order valence-corrected chi connectivity index (χ1v) is 15.2. The topological polar surface area (TPSA) is 100 Å². The summed E-state index contributed by atoms with van der Waals surface area (Å²) in [5.41, 5.74) is -6.28. The van der Waals surface area contributed by atoms with E-state index in [2.05, 4.69) is 10.6 Å². The lowest BCUT2D eigenvalue weighted by Gasteiger charge is -2.34. The normalized spacial score (nSPS) is 18.9. The van der Waals surface area contributed by atoms with E-state index in [0.717, 1.165) is 17.0 Å². The second kappa shape index (κ2) is 12.8. The van der Waals surface area contributed by atoms with Gasteiger partial charge in [-0.05, 0) is 72.1 Å². The maximum Gasteiger partial charge on any atom is 0.430 e. The molecule has 2 aromatic carbocycles. The highest BCUT2D eigenvalue weighted by atomic mass is 19.4. The summed E-state index contributed by atoms with van der Waals surface area (Å²) in [6.45, 7) is 9.44. The lowest BCUT2D eigenvalue weighted by atomic mass is 9.83. The third-order valence-corrected chi connectivity index (χ3v) is 8.53. The number of unbranched alkanes of at least 4 members (excludes halogenated alkanes) is 1. The van der Waals surface area contributed by atoms with Crippen LogP contribution in [0.5, 0.6) is 11.5 Å². The molecule has 254 valence electrons. The van der Waals surface area contributed by atoms with Crippen LogP contribution in [0.3, 0.4) is 0 Å². The Labute approximate surface area is 263 Å². The quantitative estimate of drug-likeness (QED) is 0.136. The van der Waals surface area contributed by atoms with Crippen LogP contribution >= 0.6 is 0 Å². The molecule has 3 amide bonds. The Balaban J connectivity index is 1.49. The van der Waals surface area contributed by atoms with Crippen molar-refractivity contribution in [3.8, 4) is 11.5 Å². The average molecular weight is 660 g/mol. The predicted molar refractivity (Wildman–Crippen MR) is 158 cm³/mol. The van der Waals surface area contributed by atoms with E-state index in [1.165, 1.54) is 0 Å². The van der Waals surface area contributed by atoms with E-state index in [-0.39, 0.29) is 24.2 Å². The maximum atomic E-state index is 13.7. The summed E-state index contributed by atoms with van der Waals surface area (Å²) in [7, 11) is 0. The number of halogens is 6. The Bertz CT molecular complexity index is 1420. The van der Waals surface area contributed by atoms with Gasteiger partial charge in [0.25, 0.3) is 11.5 Å². The molecule has 46 heavy (non-hydrogen) atoms. The number of urea groups is 1. The van der Waals surface area contributed by atoms with Gasteiger partial charge in [-0.2, -0.15) is 26.3 Å². The van der Waals surface area contributed by atoms with E-state index in [1.807, 2.05) is 0 Å². The van der Waals surface area contributed by atoms with E-state index in [0.29, 0.717) is 55.2 Å². The maximum absolute atomic E-state index is 13.7. The molecule has 1 fully saturated rings. The van der Waals surface area contributed by atoms with Gasteiger partial charge in [0.1, 0.15) is 18.8 Å². The van der Waals surface area contributed by atoms with Crippen LogP contribution in [0.1, 0.15) is 88.0 Å². The summed E-state index contributed by atoms with van der Waals surface area (Å²) in [6.07, 6.45) is -10.9. The zero-order chi connectivity index (χ0) is 34.2. The fourth-order valence-corrected chi connectivity index (χ4v) is 5.89. The lowest BCUT2D eigenvalue weighted by molar-refractivity contribution is -0.376. The second-order valence-corrected chi connectivity index (χ2v) is 12.2. The zero-order valence-corrected chi connectivity index (χ0v) is 26.3. The summed E-state index contributed by atoms with van der Waals surface area (Å²) >= 11 is 0. The molecule has 3 N–H and O–H groups in total. The Morgan fingerprint density at radius 1 is 0.913 bits per heavy atom. The summed E-state index contributed by atoms with van der Waals surface area (Å²) in [4.78, 5) is 27.7. The Morgan fingerprint density at radius 2 is 1.48 bits per heavy atom. The molecule has 0 radical (unpaired) electrons. The number of carbonyl (C=O) groups is 2. The number of anilines is 1. The van der Waals surface area contributed by atoms with Crippen LogP contribution in [-0.2, 0) is 15.9 Å². The molecule has 4 rings (SSSR count). The van der Waals surface area contributed by atoms with Crippen LogP contribution in [-0.4, -0.2) is 60.6 Å². The summed E-state index contributed by atoms with van der Waals surface area (Å²) in [5, 5.41) is 16.1. The summed E-state index contributed by atoms with van der Waals surface area (Å²) in [5.74, 6) is -0.348. The fourth-order valence-electron chi connectivity index (χ4n) is 5.89. The third kappa shape index (κ3) is 6.19. The first-order valence-electron chi connectivity index (χ1n) is 15.2. The van der Waals surface area contributed by atoms with Gasteiger partial charge in [-0.25, -0.2) is 4.79 Å². The molecular weight excluding hydrogens is 620 g/mol. The molecule has 0 bridgehead atoms. The van der Waals surface area contributed by atoms with E-state index in [4.69, 9.17) is 9.47 Å². The molecular formula is C32H39F6N3O5. The summed E-state index contributed by atoms with van der Waals surface area (Å²) in [6, 6.07) is 6.08. The number of aliphatic hydroxyl groups is 1. The van der Waals surface area contributed by atoms with Crippen molar-refractivity contribution in [2.75, 3.05) is 31.6 Å². The first-order chi connectivity index (χ1) is 21.4. The van der Waals surface area contributed by atoms with Crippen molar-refractivity contribution < 1.29 is 50.5 Å². The van der Waals surface area contributed by atoms with Gasteiger partial charge in [0.2, 0.25) is 0 Å². The van der Waals surface area contributed by atoms with Gasteiger partial charge in [-0.15, -0.1) is 0 Å². The molecule has 0 aliphatic carbocycles. The van der Waals surface area contributed by atoms with Crippen molar-refractivity contribution in [2.24, 2.45) is 0 Å². The smallest absolute Gasteiger partial charge is 0.430 e. The van der Waals surface area contributed by atoms with Gasteiger partial charge in [0.05, 0.1) is 0 Å². The predicted octanol–water partition coefficient (Wildman–Crippen LogP) is 7.07. The standard InChI is InChI=1S/C32H39F6N3O5/c1-6-29(20-9-10-24-25(17-20)46-14-13-45-24)27(42)41(28(43)40-29)12-8-7-11-39-26-22(18(2)3)15-21(16-23(26)19(4)5)30(44,31(33,34)35)32(36,37)38/h9-10,15-19,39,44H,6-8,11-14H2,1-5H3,(H,40,43). The molecule has 2 heterocycles. The van der Waals surface area contributed by atoms with Crippen molar-refractivity contribution in [1.82, 2.24) is 10.2 Å². The van der Waals surface area contributed by atoms with Crippen LogP contribution < -0.4 is 20.1 Å². The number of ether oxygens (including phenoxy) is 2. The van der Waals surface area contributed by atoms with Gasteiger partial charge in [0.15, 0.2) is 11.5 Å². The number of benzene rings is 2. The number of hydrogen-bond acceptors (Lipinski definition) is 6. The van der Waals surface area contributed by atoms with Crippen LogP contribution in [0, 0.1) is 0 Å². The van der Waals surface area contributed by atoms with Crippen LogP contribution in [0.2, 0.25) is 0 Å². The van der Waals surface area contributed by atoms with Gasteiger partial charge in [-0.3, -0.25) is 9.69 Å². The Kier molecular flexibility index (Phi) is 9.82. The monoisotopic (exact) mass is 659 g/mol.